The van der Waals surface area contributed by atoms with Gasteiger partial charge in [-0.15, -0.1) is 0 Å². The molecule has 0 spiro atoms. The molecule has 0 aromatic heterocycles. The van der Waals surface area contributed by atoms with Crippen molar-refractivity contribution in [3.05, 3.63) is 0 Å². The lowest BCUT2D eigenvalue weighted by Gasteiger charge is -2.30. The lowest BCUT2D eigenvalue weighted by atomic mass is 10.0. The Bertz CT molecular complexity index is 518. The quantitative estimate of drug-likeness (QED) is 0.478. The zero-order chi connectivity index (χ0) is 20.3. The zero-order valence-corrected chi connectivity index (χ0v) is 17.6. The Morgan fingerprint density at radius 1 is 0.704 bits per heavy atom. The van der Waals surface area contributed by atoms with Crippen molar-refractivity contribution < 1.29 is 19.1 Å². The Morgan fingerprint density at radius 3 is 1.44 bits per heavy atom. The van der Waals surface area contributed by atoms with E-state index in [1.807, 2.05) is 27.7 Å². The number of ether oxygens (including phenoxy) is 2. The van der Waals surface area contributed by atoms with Gasteiger partial charge in [-0.25, -0.2) is 0 Å². The first-order chi connectivity index (χ1) is 12.4. The second-order valence-electron chi connectivity index (χ2n) is 9.40. The van der Waals surface area contributed by atoms with Gasteiger partial charge in [0.25, 0.3) is 11.8 Å². The Balaban J connectivity index is 1.79. The molecule has 0 aromatic carbocycles. The maximum atomic E-state index is 12.5. The second-order valence-corrected chi connectivity index (χ2v) is 9.40. The minimum atomic E-state index is -0.914. The van der Waals surface area contributed by atoms with Gasteiger partial charge in [0.05, 0.1) is 13.2 Å². The van der Waals surface area contributed by atoms with E-state index in [0.717, 1.165) is 0 Å². The fraction of sp³-hybridized carbons (Fsp3) is 0.895. The molecule has 27 heavy (non-hydrogen) atoms. The van der Waals surface area contributed by atoms with Crippen molar-refractivity contribution in [1.82, 2.24) is 21.3 Å². The third kappa shape index (κ3) is 5.88. The Morgan fingerprint density at radius 2 is 1.07 bits per heavy atom. The summed E-state index contributed by atoms with van der Waals surface area (Å²) < 4.78 is 11.8. The van der Waals surface area contributed by atoms with Gasteiger partial charge >= 0.3 is 0 Å². The lowest BCUT2D eigenvalue weighted by molar-refractivity contribution is -0.148. The Hall–Kier alpha value is -1.22. The van der Waals surface area contributed by atoms with Gasteiger partial charge < -0.3 is 30.7 Å². The molecule has 2 heterocycles. The van der Waals surface area contributed by atoms with Gasteiger partial charge in [0.15, 0.2) is 11.2 Å². The van der Waals surface area contributed by atoms with E-state index in [-0.39, 0.29) is 22.9 Å². The van der Waals surface area contributed by atoms with Crippen LogP contribution in [-0.4, -0.2) is 73.5 Å². The molecule has 0 aromatic rings. The topological polar surface area (TPSA) is 101 Å². The molecule has 2 aliphatic heterocycles. The van der Waals surface area contributed by atoms with Crippen LogP contribution in [0.15, 0.2) is 0 Å². The van der Waals surface area contributed by atoms with E-state index >= 15 is 0 Å². The molecular weight excluding hydrogens is 348 g/mol. The molecule has 8 heteroatoms. The average molecular weight is 385 g/mol. The molecule has 2 rings (SSSR count). The molecule has 2 atom stereocenters. The molecule has 0 unspecified atom stereocenters. The SMILES string of the molecule is CC1(C)CNC[C@](C)(OCCCO[C@@]2(C)CNCC(C)(C)NC2=O)C(=O)N1. The van der Waals surface area contributed by atoms with E-state index in [1.165, 1.54) is 0 Å². The molecule has 0 saturated carbocycles. The summed E-state index contributed by atoms with van der Waals surface area (Å²) in [5.74, 6) is -0.222. The maximum Gasteiger partial charge on any atom is 0.253 e. The fourth-order valence-corrected chi connectivity index (χ4v) is 3.24. The fourth-order valence-electron chi connectivity index (χ4n) is 3.24. The first-order valence-corrected chi connectivity index (χ1v) is 9.72. The maximum absolute atomic E-state index is 12.5. The van der Waals surface area contributed by atoms with E-state index in [9.17, 15) is 9.59 Å². The standard InChI is InChI=1S/C19H36N4O4/c1-16(2)10-20-12-18(5,14(24)22-16)26-8-7-9-27-19(6)13-21-11-17(3,4)23-15(19)25/h20-21H,7-13H2,1-6H3,(H,22,24)(H,23,25)/t18-,19-/m0/s1. The summed E-state index contributed by atoms with van der Waals surface area (Å²) in [7, 11) is 0. The van der Waals surface area contributed by atoms with Gasteiger partial charge in [-0.05, 0) is 48.0 Å². The Labute approximate surface area is 162 Å². The number of amides is 2. The largest absolute Gasteiger partial charge is 0.364 e. The van der Waals surface area contributed by atoms with Gasteiger partial charge in [0, 0.05) is 37.3 Å². The Kier molecular flexibility index (Phi) is 6.56. The molecule has 2 fully saturated rings. The van der Waals surface area contributed by atoms with E-state index in [2.05, 4.69) is 21.3 Å². The second kappa shape index (κ2) is 8.03. The van der Waals surface area contributed by atoms with Crippen molar-refractivity contribution >= 4 is 11.8 Å². The van der Waals surface area contributed by atoms with Crippen molar-refractivity contribution in [2.75, 3.05) is 39.4 Å². The predicted octanol–water partition coefficient (Wildman–Crippen LogP) is -0.0769. The van der Waals surface area contributed by atoms with Crippen LogP contribution in [0.5, 0.6) is 0 Å². The molecule has 8 nitrogen and oxygen atoms in total. The van der Waals surface area contributed by atoms with Crippen molar-refractivity contribution in [2.24, 2.45) is 0 Å². The van der Waals surface area contributed by atoms with Crippen LogP contribution in [0.2, 0.25) is 0 Å². The van der Waals surface area contributed by atoms with Gasteiger partial charge in [-0.3, -0.25) is 9.59 Å². The van der Waals surface area contributed by atoms with E-state index in [4.69, 9.17) is 9.47 Å². The van der Waals surface area contributed by atoms with Crippen molar-refractivity contribution in [3.8, 4) is 0 Å². The molecule has 0 radical (unpaired) electrons. The highest BCUT2D eigenvalue weighted by Gasteiger charge is 2.41. The number of hydrogen-bond acceptors (Lipinski definition) is 6. The molecular formula is C19H36N4O4. The van der Waals surface area contributed by atoms with Crippen molar-refractivity contribution in [1.29, 1.82) is 0 Å². The minimum Gasteiger partial charge on any atom is -0.364 e. The van der Waals surface area contributed by atoms with Crippen LogP contribution in [0.3, 0.4) is 0 Å². The van der Waals surface area contributed by atoms with Gasteiger partial charge in [0.2, 0.25) is 0 Å². The number of nitrogens with one attached hydrogen (secondary N) is 4. The molecule has 2 aliphatic rings. The molecule has 2 amide bonds. The van der Waals surface area contributed by atoms with Gasteiger partial charge in [-0.2, -0.15) is 0 Å². The smallest absolute Gasteiger partial charge is 0.253 e. The molecule has 0 aliphatic carbocycles. The summed E-state index contributed by atoms with van der Waals surface area (Å²) in [6.07, 6.45) is 0.596. The summed E-state index contributed by atoms with van der Waals surface area (Å²) >= 11 is 0. The van der Waals surface area contributed by atoms with E-state index < -0.39 is 11.2 Å². The van der Waals surface area contributed by atoms with Crippen LogP contribution in [0, 0.1) is 0 Å². The van der Waals surface area contributed by atoms with E-state index in [1.54, 1.807) is 13.8 Å². The third-order valence-corrected chi connectivity index (χ3v) is 5.05. The van der Waals surface area contributed by atoms with Crippen LogP contribution < -0.4 is 21.3 Å². The monoisotopic (exact) mass is 384 g/mol. The summed E-state index contributed by atoms with van der Waals surface area (Å²) in [4.78, 5) is 25.0. The molecule has 4 N–H and O–H groups in total. The molecule has 156 valence electrons. The zero-order valence-electron chi connectivity index (χ0n) is 17.6. The minimum absolute atomic E-state index is 0.111. The first-order valence-electron chi connectivity index (χ1n) is 9.72. The lowest BCUT2D eigenvalue weighted by Crippen LogP contribution is -2.54. The summed E-state index contributed by atoms with van der Waals surface area (Å²) in [5, 5.41) is 12.6. The first kappa shape index (κ1) is 22.1. The average Bonchev–Trinajstić information content (AvgIpc) is 2.68. The van der Waals surface area contributed by atoms with Crippen LogP contribution in [-0.2, 0) is 19.1 Å². The van der Waals surface area contributed by atoms with Crippen LogP contribution in [0.4, 0.5) is 0 Å². The highest BCUT2D eigenvalue weighted by Crippen LogP contribution is 2.18. The molecule has 2 saturated heterocycles. The van der Waals surface area contributed by atoms with Crippen LogP contribution >= 0.6 is 0 Å². The predicted molar refractivity (Wildman–Crippen MR) is 104 cm³/mol. The number of carbonyl (C=O) groups is 2. The molecule has 0 bridgehead atoms. The summed E-state index contributed by atoms with van der Waals surface area (Å²) in [6.45, 7) is 14.6. The highest BCUT2D eigenvalue weighted by atomic mass is 16.5. The van der Waals surface area contributed by atoms with Gasteiger partial charge in [-0.1, -0.05) is 0 Å². The highest BCUT2D eigenvalue weighted by molar-refractivity contribution is 5.86. The van der Waals surface area contributed by atoms with Crippen molar-refractivity contribution in [3.63, 3.8) is 0 Å². The third-order valence-electron chi connectivity index (χ3n) is 5.05. The number of rotatable bonds is 6. The van der Waals surface area contributed by atoms with E-state index in [0.29, 0.717) is 45.8 Å². The van der Waals surface area contributed by atoms with Crippen LogP contribution in [0.1, 0.15) is 48.0 Å². The van der Waals surface area contributed by atoms with Gasteiger partial charge in [0.1, 0.15) is 0 Å². The normalized spacial score (nSPS) is 33.6. The van der Waals surface area contributed by atoms with Crippen LogP contribution in [0.25, 0.3) is 0 Å². The number of carbonyl (C=O) groups excluding carboxylic acids is 2. The summed E-state index contributed by atoms with van der Waals surface area (Å²) in [5.41, 5.74) is -2.43. The van der Waals surface area contributed by atoms with Crippen molar-refractivity contribution in [2.45, 2.75) is 70.2 Å². The number of hydrogen-bond donors (Lipinski definition) is 4. The summed E-state index contributed by atoms with van der Waals surface area (Å²) in [6, 6.07) is 0.